The minimum Gasteiger partial charge on any atom is -0.368 e. The molecule has 0 saturated heterocycles. The van der Waals surface area contributed by atoms with Gasteiger partial charge >= 0.3 is 0 Å². The van der Waals surface area contributed by atoms with Crippen LogP contribution in [0.3, 0.4) is 0 Å². The zero-order valence-electron chi connectivity index (χ0n) is 10.1. The van der Waals surface area contributed by atoms with E-state index in [1.807, 2.05) is 0 Å². The number of carbonyl (C=O) groups excluding carboxylic acids is 1. The third kappa shape index (κ3) is 2.37. The summed E-state index contributed by atoms with van der Waals surface area (Å²) in [6, 6.07) is 0.492. The number of nitrogens with one attached hydrogen (secondary N) is 2. The van der Waals surface area contributed by atoms with Crippen LogP contribution in [0.15, 0.2) is 11.5 Å². The van der Waals surface area contributed by atoms with Crippen LogP contribution in [0.2, 0.25) is 0 Å². The molecule has 1 aromatic heterocycles. The molecule has 2 saturated carbocycles. The molecule has 2 aliphatic carbocycles. The second kappa shape index (κ2) is 4.55. The smallest absolute Gasteiger partial charge is 0.237 e. The third-order valence-electron chi connectivity index (χ3n) is 3.67. The summed E-state index contributed by atoms with van der Waals surface area (Å²) in [6.45, 7) is 0. The topological polar surface area (TPSA) is 96.7 Å². The number of thioether (sulfide) groups is 1. The Balaban J connectivity index is 1.65. The summed E-state index contributed by atoms with van der Waals surface area (Å²) in [5.74, 6) is -0.213. The maximum absolute atomic E-state index is 11.7. The molecule has 1 aromatic rings. The minimum absolute atomic E-state index is 0.213. The Hall–Kier alpha value is -1.08. The van der Waals surface area contributed by atoms with Crippen molar-refractivity contribution in [2.24, 2.45) is 5.73 Å². The second-order valence-corrected chi connectivity index (χ2v) is 6.43. The molecule has 6 nitrogen and oxygen atoms in total. The summed E-state index contributed by atoms with van der Waals surface area (Å²) in [6.07, 6.45) is 6.41. The standard InChI is InChI=1S/C11H17N5OS/c12-9(17)11(15-7-1-2-7)4-3-8(5-11)18-10-13-6-14-16-10/h6-8,15H,1-5H2,(H2,12,17)(H,13,14,16). The van der Waals surface area contributed by atoms with E-state index in [1.165, 1.54) is 6.33 Å². The van der Waals surface area contributed by atoms with Gasteiger partial charge in [-0.25, -0.2) is 4.98 Å². The zero-order chi connectivity index (χ0) is 12.6. The number of carbonyl (C=O) groups is 1. The number of amides is 1. The van der Waals surface area contributed by atoms with Crippen molar-refractivity contribution >= 4 is 17.7 Å². The van der Waals surface area contributed by atoms with Crippen LogP contribution in [0.1, 0.15) is 32.1 Å². The van der Waals surface area contributed by atoms with Gasteiger partial charge < -0.3 is 11.1 Å². The fourth-order valence-electron chi connectivity index (χ4n) is 2.55. The van der Waals surface area contributed by atoms with E-state index in [1.54, 1.807) is 11.8 Å². The molecule has 18 heavy (non-hydrogen) atoms. The molecule has 2 atom stereocenters. The van der Waals surface area contributed by atoms with Crippen molar-refractivity contribution < 1.29 is 4.79 Å². The molecule has 1 amide bonds. The number of nitrogens with zero attached hydrogens (tertiary/aromatic N) is 2. The third-order valence-corrected chi connectivity index (χ3v) is 4.83. The van der Waals surface area contributed by atoms with Gasteiger partial charge in [-0.2, -0.15) is 5.10 Å². The van der Waals surface area contributed by atoms with Crippen molar-refractivity contribution in [2.75, 3.05) is 0 Å². The van der Waals surface area contributed by atoms with Crippen LogP contribution in [0.5, 0.6) is 0 Å². The van der Waals surface area contributed by atoms with Gasteiger partial charge in [0.25, 0.3) is 0 Å². The Labute approximate surface area is 109 Å². The lowest BCUT2D eigenvalue weighted by Crippen LogP contribution is -2.54. The predicted molar refractivity (Wildman–Crippen MR) is 68.0 cm³/mol. The summed E-state index contributed by atoms with van der Waals surface area (Å²) < 4.78 is 0. The van der Waals surface area contributed by atoms with E-state index < -0.39 is 5.54 Å². The molecule has 0 spiro atoms. The Kier molecular flexibility index (Phi) is 3.03. The normalized spacial score (nSPS) is 31.7. The van der Waals surface area contributed by atoms with Crippen LogP contribution in [-0.2, 0) is 4.79 Å². The Morgan fingerprint density at radius 2 is 2.39 bits per heavy atom. The van der Waals surface area contributed by atoms with Crippen LogP contribution in [-0.4, -0.2) is 37.9 Å². The fraction of sp³-hybridized carbons (Fsp3) is 0.727. The first-order valence-electron chi connectivity index (χ1n) is 6.28. The fourth-order valence-corrected chi connectivity index (χ4v) is 3.69. The highest BCUT2D eigenvalue weighted by molar-refractivity contribution is 7.99. The van der Waals surface area contributed by atoms with Gasteiger partial charge in [0.2, 0.25) is 5.91 Å². The number of rotatable bonds is 5. The SMILES string of the molecule is NC(=O)C1(NC2CC2)CCC(Sc2ncn[nH]2)C1. The van der Waals surface area contributed by atoms with Crippen molar-refractivity contribution in [3.05, 3.63) is 6.33 Å². The number of hydrogen-bond donors (Lipinski definition) is 3. The molecule has 3 rings (SSSR count). The molecule has 7 heteroatoms. The summed E-state index contributed by atoms with van der Waals surface area (Å²) in [4.78, 5) is 15.9. The van der Waals surface area contributed by atoms with Crippen LogP contribution in [0, 0.1) is 0 Å². The van der Waals surface area contributed by atoms with Crippen molar-refractivity contribution in [1.82, 2.24) is 20.5 Å². The lowest BCUT2D eigenvalue weighted by molar-refractivity contribution is -0.124. The summed E-state index contributed by atoms with van der Waals surface area (Å²) in [5, 5.41) is 11.3. The van der Waals surface area contributed by atoms with Gasteiger partial charge in [-0.1, -0.05) is 11.8 Å². The maximum atomic E-state index is 11.7. The highest BCUT2D eigenvalue weighted by Gasteiger charge is 2.47. The highest BCUT2D eigenvalue weighted by Crippen LogP contribution is 2.40. The van der Waals surface area contributed by atoms with Gasteiger partial charge in [0.1, 0.15) is 6.33 Å². The van der Waals surface area contributed by atoms with E-state index in [0.717, 1.165) is 37.3 Å². The first-order chi connectivity index (χ1) is 8.68. The molecule has 0 bridgehead atoms. The second-order valence-electron chi connectivity index (χ2n) is 5.14. The Morgan fingerprint density at radius 3 is 3.00 bits per heavy atom. The van der Waals surface area contributed by atoms with Gasteiger partial charge in [-0.05, 0) is 32.1 Å². The molecule has 98 valence electrons. The molecule has 0 aromatic carbocycles. The largest absolute Gasteiger partial charge is 0.368 e. The molecule has 0 radical (unpaired) electrons. The first kappa shape index (κ1) is 12.0. The van der Waals surface area contributed by atoms with E-state index in [9.17, 15) is 4.79 Å². The molecule has 4 N–H and O–H groups in total. The summed E-state index contributed by atoms with van der Waals surface area (Å²) in [7, 11) is 0. The highest BCUT2D eigenvalue weighted by atomic mass is 32.2. The number of nitrogens with two attached hydrogens (primary N) is 1. The van der Waals surface area contributed by atoms with E-state index in [-0.39, 0.29) is 5.91 Å². The Bertz CT molecular complexity index is 433. The van der Waals surface area contributed by atoms with Crippen LogP contribution in [0.25, 0.3) is 0 Å². The van der Waals surface area contributed by atoms with Gasteiger partial charge in [0, 0.05) is 11.3 Å². The summed E-state index contributed by atoms with van der Waals surface area (Å²) in [5.41, 5.74) is 5.10. The zero-order valence-corrected chi connectivity index (χ0v) is 10.9. The minimum atomic E-state index is -0.501. The lowest BCUT2D eigenvalue weighted by Gasteiger charge is -2.27. The van der Waals surface area contributed by atoms with E-state index >= 15 is 0 Å². The maximum Gasteiger partial charge on any atom is 0.237 e. The lowest BCUT2D eigenvalue weighted by atomic mass is 9.96. The predicted octanol–water partition coefficient (Wildman–Crippen LogP) is 0.425. The van der Waals surface area contributed by atoms with E-state index in [4.69, 9.17) is 5.73 Å². The van der Waals surface area contributed by atoms with Crippen LogP contribution in [0.4, 0.5) is 0 Å². The van der Waals surface area contributed by atoms with Gasteiger partial charge in [-0.3, -0.25) is 9.89 Å². The van der Waals surface area contributed by atoms with Gasteiger partial charge in [0.15, 0.2) is 5.16 Å². The van der Waals surface area contributed by atoms with Crippen molar-refractivity contribution in [2.45, 2.75) is 54.1 Å². The average molecular weight is 267 g/mol. The van der Waals surface area contributed by atoms with Crippen molar-refractivity contribution in [3.8, 4) is 0 Å². The number of primary amides is 1. The van der Waals surface area contributed by atoms with Crippen LogP contribution < -0.4 is 11.1 Å². The number of H-pyrrole nitrogens is 1. The first-order valence-corrected chi connectivity index (χ1v) is 7.15. The summed E-state index contributed by atoms with van der Waals surface area (Å²) >= 11 is 1.65. The van der Waals surface area contributed by atoms with Crippen LogP contribution >= 0.6 is 11.8 Å². The van der Waals surface area contributed by atoms with E-state index in [0.29, 0.717) is 11.3 Å². The van der Waals surface area contributed by atoms with Crippen molar-refractivity contribution in [3.63, 3.8) is 0 Å². The van der Waals surface area contributed by atoms with E-state index in [2.05, 4.69) is 20.5 Å². The molecule has 2 fully saturated rings. The van der Waals surface area contributed by atoms with Gasteiger partial charge in [0.05, 0.1) is 5.54 Å². The molecule has 0 aliphatic heterocycles. The number of aromatic nitrogens is 3. The monoisotopic (exact) mass is 267 g/mol. The molecular formula is C11H17N5OS. The van der Waals surface area contributed by atoms with Crippen molar-refractivity contribution in [1.29, 1.82) is 0 Å². The number of hydrogen-bond acceptors (Lipinski definition) is 5. The number of aromatic amines is 1. The molecular weight excluding hydrogens is 250 g/mol. The molecule has 2 unspecified atom stereocenters. The molecule has 1 heterocycles. The van der Waals surface area contributed by atoms with Gasteiger partial charge in [-0.15, -0.1) is 0 Å². The molecule has 2 aliphatic rings. The Morgan fingerprint density at radius 1 is 1.56 bits per heavy atom. The average Bonchev–Trinajstić information content (AvgIpc) is 2.84. The quantitative estimate of drug-likeness (QED) is 0.718.